The first-order valence-corrected chi connectivity index (χ1v) is 7.09. The highest BCUT2D eigenvalue weighted by atomic mass is 19.4. The number of aliphatic carboxylic acids is 1. The van der Waals surface area contributed by atoms with Crippen molar-refractivity contribution in [2.45, 2.75) is 37.6 Å². The van der Waals surface area contributed by atoms with Crippen LogP contribution in [0.15, 0.2) is 24.3 Å². The van der Waals surface area contributed by atoms with Crippen molar-refractivity contribution in [2.24, 2.45) is 0 Å². The molecule has 0 unspecified atom stereocenters. The Labute approximate surface area is 130 Å². The number of halogens is 3. The Balaban J connectivity index is 2.14. The minimum atomic E-state index is -4.59. The van der Waals surface area contributed by atoms with Crippen molar-refractivity contribution in [3.63, 3.8) is 0 Å². The molecule has 0 saturated carbocycles. The number of carbonyl (C=O) groups excluding carboxylic acids is 1. The van der Waals surface area contributed by atoms with Gasteiger partial charge in [-0.3, -0.25) is 4.79 Å². The number of amides is 1. The van der Waals surface area contributed by atoms with Crippen molar-refractivity contribution in [3.8, 4) is 0 Å². The first kappa shape index (κ1) is 17.3. The molecule has 23 heavy (non-hydrogen) atoms. The third-order valence-electron chi connectivity index (χ3n) is 3.58. The standard InChI is InChI=1S/C15H16F3NO4/c16-15(17,18)10-5-2-1-4-9(10)8-11(14(21)22)19-13(20)12-6-3-7-23-12/h1-2,4-5,11-12H,3,6-8H2,(H,19,20)(H,21,22)/t11-,12-/m0/s1. The summed E-state index contributed by atoms with van der Waals surface area (Å²) in [7, 11) is 0. The van der Waals surface area contributed by atoms with Gasteiger partial charge in [-0.2, -0.15) is 13.2 Å². The average Bonchev–Trinajstić information content (AvgIpc) is 3.00. The molecule has 0 spiro atoms. The lowest BCUT2D eigenvalue weighted by molar-refractivity contribution is -0.144. The van der Waals surface area contributed by atoms with Crippen LogP contribution in [0.3, 0.4) is 0 Å². The maximum atomic E-state index is 13.0. The van der Waals surface area contributed by atoms with Gasteiger partial charge in [0.05, 0.1) is 5.56 Å². The Kier molecular flexibility index (Phi) is 5.25. The number of hydrogen-bond acceptors (Lipinski definition) is 3. The zero-order valence-corrected chi connectivity index (χ0v) is 12.1. The zero-order chi connectivity index (χ0) is 17.0. The van der Waals surface area contributed by atoms with E-state index in [-0.39, 0.29) is 5.56 Å². The number of alkyl halides is 3. The Morgan fingerprint density at radius 2 is 2.04 bits per heavy atom. The number of hydrogen-bond donors (Lipinski definition) is 2. The van der Waals surface area contributed by atoms with Gasteiger partial charge in [0, 0.05) is 13.0 Å². The van der Waals surface area contributed by atoms with Gasteiger partial charge in [-0.15, -0.1) is 0 Å². The average molecular weight is 331 g/mol. The number of carboxylic acids is 1. The second kappa shape index (κ2) is 6.99. The zero-order valence-electron chi connectivity index (χ0n) is 12.1. The largest absolute Gasteiger partial charge is 0.480 e. The Bertz CT molecular complexity index is 582. The fourth-order valence-electron chi connectivity index (χ4n) is 2.44. The normalized spacial score (nSPS) is 19.3. The van der Waals surface area contributed by atoms with E-state index in [1.807, 2.05) is 0 Å². The van der Waals surface area contributed by atoms with Crippen molar-refractivity contribution >= 4 is 11.9 Å². The van der Waals surface area contributed by atoms with Crippen molar-refractivity contribution in [3.05, 3.63) is 35.4 Å². The molecule has 2 N–H and O–H groups in total. The van der Waals surface area contributed by atoms with E-state index < -0.39 is 42.2 Å². The number of ether oxygens (including phenoxy) is 1. The highest BCUT2D eigenvalue weighted by Gasteiger charge is 2.35. The number of rotatable bonds is 5. The van der Waals surface area contributed by atoms with Crippen LogP contribution >= 0.6 is 0 Å². The molecule has 1 fully saturated rings. The first-order chi connectivity index (χ1) is 10.8. The molecule has 0 aliphatic carbocycles. The van der Waals surface area contributed by atoms with E-state index in [2.05, 4.69) is 5.32 Å². The second-order valence-corrected chi connectivity index (χ2v) is 5.26. The van der Waals surface area contributed by atoms with Gasteiger partial charge in [0.2, 0.25) is 5.91 Å². The molecule has 5 nitrogen and oxygen atoms in total. The molecule has 2 rings (SSSR count). The quantitative estimate of drug-likeness (QED) is 0.865. The number of carbonyl (C=O) groups is 2. The minimum absolute atomic E-state index is 0.181. The van der Waals surface area contributed by atoms with Crippen LogP contribution in [0.2, 0.25) is 0 Å². The summed E-state index contributed by atoms with van der Waals surface area (Å²) in [4.78, 5) is 23.2. The topological polar surface area (TPSA) is 75.6 Å². The number of benzene rings is 1. The summed E-state index contributed by atoms with van der Waals surface area (Å²) < 4.78 is 44.0. The van der Waals surface area contributed by atoms with Crippen LogP contribution in [0, 0.1) is 0 Å². The molecular formula is C15H16F3NO4. The monoisotopic (exact) mass is 331 g/mol. The summed E-state index contributed by atoms with van der Waals surface area (Å²) >= 11 is 0. The van der Waals surface area contributed by atoms with Gasteiger partial charge in [-0.1, -0.05) is 18.2 Å². The van der Waals surface area contributed by atoms with Gasteiger partial charge < -0.3 is 15.2 Å². The lowest BCUT2D eigenvalue weighted by Crippen LogP contribution is -2.46. The van der Waals surface area contributed by atoms with Crippen LogP contribution in [-0.2, 0) is 26.9 Å². The van der Waals surface area contributed by atoms with E-state index in [9.17, 15) is 27.9 Å². The van der Waals surface area contributed by atoms with E-state index in [0.29, 0.717) is 19.4 Å². The minimum Gasteiger partial charge on any atom is -0.480 e. The summed E-state index contributed by atoms with van der Waals surface area (Å²) in [6.45, 7) is 0.409. The predicted molar refractivity (Wildman–Crippen MR) is 73.7 cm³/mol. The summed E-state index contributed by atoms with van der Waals surface area (Å²) in [6, 6.07) is 3.26. The van der Waals surface area contributed by atoms with Crippen molar-refractivity contribution in [1.82, 2.24) is 5.32 Å². The SMILES string of the molecule is O=C(O)[C@H](Cc1ccccc1C(F)(F)F)NC(=O)[C@@H]1CCCO1. The summed E-state index contributed by atoms with van der Waals surface area (Å²) in [5.41, 5.74) is -1.09. The molecule has 0 aromatic heterocycles. The Morgan fingerprint density at radius 3 is 2.61 bits per heavy atom. The van der Waals surface area contributed by atoms with Gasteiger partial charge >= 0.3 is 12.1 Å². The first-order valence-electron chi connectivity index (χ1n) is 7.09. The van der Waals surface area contributed by atoms with Crippen molar-refractivity contribution in [1.29, 1.82) is 0 Å². The molecule has 1 saturated heterocycles. The van der Waals surface area contributed by atoms with Crippen LogP contribution in [0.25, 0.3) is 0 Å². The maximum Gasteiger partial charge on any atom is 0.416 e. The fourth-order valence-corrected chi connectivity index (χ4v) is 2.44. The van der Waals surface area contributed by atoms with Crippen LogP contribution in [0.4, 0.5) is 13.2 Å². The molecule has 0 bridgehead atoms. The van der Waals surface area contributed by atoms with Crippen LogP contribution in [0.1, 0.15) is 24.0 Å². The molecule has 1 aromatic rings. The van der Waals surface area contributed by atoms with Gasteiger partial charge in [0.25, 0.3) is 0 Å². The van der Waals surface area contributed by atoms with Crippen molar-refractivity contribution in [2.75, 3.05) is 6.61 Å². The van der Waals surface area contributed by atoms with Crippen LogP contribution < -0.4 is 5.32 Å². The molecule has 1 aliphatic heterocycles. The van der Waals surface area contributed by atoms with E-state index in [1.54, 1.807) is 0 Å². The highest BCUT2D eigenvalue weighted by molar-refractivity contribution is 5.86. The summed E-state index contributed by atoms with van der Waals surface area (Å²) in [6.07, 6.45) is -4.62. The predicted octanol–water partition coefficient (Wildman–Crippen LogP) is 2.00. The molecule has 1 heterocycles. The lowest BCUT2D eigenvalue weighted by atomic mass is 9.99. The molecule has 1 amide bonds. The van der Waals surface area contributed by atoms with E-state index >= 15 is 0 Å². The third-order valence-corrected chi connectivity index (χ3v) is 3.58. The molecule has 1 aromatic carbocycles. The molecule has 2 atom stereocenters. The van der Waals surface area contributed by atoms with E-state index in [1.165, 1.54) is 18.2 Å². The molecule has 8 heteroatoms. The molecule has 0 radical (unpaired) electrons. The Morgan fingerprint density at radius 1 is 1.35 bits per heavy atom. The fraction of sp³-hybridized carbons (Fsp3) is 0.467. The smallest absolute Gasteiger partial charge is 0.416 e. The third kappa shape index (κ3) is 4.44. The van der Waals surface area contributed by atoms with Gasteiger partial charge in [0.1, 0.15) is 12.1 Å². The maximum absolute atomic E-state index is 13.0. The van der Waals surface area contributed by atoms with Gasteiger partial charge in [-0.05, 0) is 24.5 Å². The van der Waals surface area contributed by atoms with Gasteiger partial charge in [0.15, 0.2) is 0 Å². The molecule has 1 aliphatic rings. The molecular weight excluding hydrogens is 315 g/mol. The molecule has 126 valence electrons. The van der Waals surface area contributed by atoms with Crippen LogP contribution in [-0.4, -0.2) is 35.7 Å². The second-order valence-electron chi connectivity index (χ2n) is 5.26. The van der Waals surface area contributed by atoms with E-state index in [0.717, 1.165) is 6.07 Å². The van der Waals surface area contributed by atoms with E-state index in [4.69, 9.17) is 4.74 Å². The number of carboxylic acid groups (broad SMARTS) is 1. The lowest BCUT2D eigenvalue weighted by Gasteiger charge is -2.19. The van der Waals surface area contributed by atoms with Crippen molar-refractivity contribution < 1.29 is 32.6 Å². The highest BCUT2D eigenvalue weighted by Crippen LogP contribution is 2.32. The van der Waals surface area contributed by atoms with Crippen LogP contribution in [0.5, 0.6) is 0 Å². The number of nitrogens with one attached hydrogen (secondary N) is 1. The van der Waals surface area contributed by atoms with Gasteiger partial charge in [-0.25, -0.2) is 4.79 Å². The summed E-state index contributed by atoms with van der Waals surface area (Å²) in [5, 5.41) is 11.4. The Hall–Kier alpha value is -2.09. The summed E-state index contributed by atoms with van der Waals surface area (Å²) in [5.74, 6) is -2.01.